The lowest BCUT2D eigenvalue weighted by molar-refractivity contribution is 0.0708. The zero-order valence-corrected chi connectivity index (χ0v) is 16.9. The van der Waals surface area contributed by atoms with Crippen molar-refractivity contribution in [1.29, 1.82) is 0 Å². The normalized spacial score (nSPS) is 13.0. The molecule has 0 saturated carbocycles. The number of rotatable bonds is 6. The van der Waals surface area contributed by atoms with E-state index < -0.39 is 0 Å². The molecule has 0 radical (unpaired) electrons. The molecule has 4 aromatic rings. The molecule has 1 aliphatic carbocycles. The number of nitrogens with zero attached hydrogens (tertiary/aromatic N) is 4. The number of furan rings is 1. The molecule has 148 valence electrons. The Morgan fingerprint density at radius 3 is 3.03 bits per heavy atom. The molecule has 0 atom stereocenters. The summed E-state index contributed by atoms with van der Waals surface area (Å²) in [7, 11) is 1.98. The highest BCUT2D eigenvalue weighted by atomic mass is 32.1. The highest BCUT2D eigenvalue weighted by molar-refractivity contribution is 7.13. The lowest BCUT2D eigenvalue weighted by Crippen LogP contribution is -2.31. The van der Waals surface area contributed by atoms with E-state index in [1.807, 2.05) is 47.4 Å². The summed E-state index contributed by atoms with van der Waals surface area (Å²) in [4.78, 5) is 16.1. The predicted octanol–water partition coefficient (Wildman–Crippen LogP) is 3.80. The first-order valence-electron chi connectivity index (χ1n) is 9.63. The van der Waals surface area contributed by atoms with E-state index in [4.69, 9.17) is 4.42 Å². The number of thiophene rings is 1. The Bertz CT molecular complexity index is 1120. The minimum Gasteiger partial charge on any atom is -0.467 e. The topological polar surface area (TPSA) is 80.0 Å². The van der Waals surface area contributed by atoms with Gasteiger partial charge in [-0.3, -0.25) is 14.6 Å². The quantitative estimate of drug-likeness (QED) is 0.527. The molecule has 0 fully saturated rings. The van der Waals surface area contributed by atoms with Gasteiger partial charge in [-0.15, -0.1) is 11.3 Å². The summed E-state index contributed by atoms with van der Waals surface area (Å²) in [5, 5.41) is 13.9. The summed E-state index contributed by atoms with van der Waals surface area (Å²) < 4.78 is 7.46. The Balaban J connectivity index is 1.44. The van der Waals surface area contributed by atoms with Gasteiger partial charge in [0.1, 0.15) is 5.76 Å². The molecular formula is C21H21N5O2S. The first-order chi connectivity index (χ1) is 14.2. The van der Waals surface area contributed by atoms with Crippen LogP contribution in [0.4, 0.5) is 0 Å². The SMILES string of the molecule is Cn1nc(CN(Cc2ccco2)C(=O)c2cc(-c3cccs3)[nH]n2)c2c1CCC2. The summed E-state index contributed by atoms with van der Waals surface area (Å²) in [5.74, 6) is 0.595. The second kappa shape index (κ2) is 7.36. The predicted molar refractivity (Wildman–Crippen MR) is 109 cm³/mol. The minimum absolute atomic E-state index is 0.141. The fourth-order valence-corrected chi connectivity index (χ4v) is 4.64. The smallest absolute Gasteiger partial charge is 0.275 e. The number of aromatic amines is 1. The molecule has 0 bridgehead atoms. The van der Waals surface area contributed by atoms with Crippen LogP contribution in [-0.2, 0) is 33.0 Å². The second-order valence-corrected chi connectivity index (χ2v) is 8.18. The molecule has 0 unspecified atom stereocenters. The van der Waals surface area contributed by atoms with Crippen molar-refractivity contribution in [2.45, 2.75) is 32.4 Å². The van der Waals surface area contributed by atoms with Crippen molar-refractivity contribution >= 4 is 17.2 Å². The number of nitrogens with one attached hydrogen (secondary N) is 1. The van der Waals surface area contributed by atoms with Gasteiger partial charge in [0.15, 0.2) is 5.69 Å². The van der Waals surface area contributed by atoms with Gasteiger partial charge in [0.05, 0.1) is 35.6 Å². The molecule has 7 nitrogen and oxygen atoms in total. The second-order valence-electron chi connectivity index (χ2n) is 7.23. The maximum Gasteiger partial charge on any atom is 0.275 e. The molecule has 4 aromatic heterocycles. The Morgan fingerprint density at radius 2 is 2.24 bits per heavy atom. The van der Waals surface area contributed by atoms with Crippen LogP contribution < -0.4 is 0 Å². The molecule has 8 heteroatoms. The number of fused-ring (bicyclic) bond motifs is 1. The molecule has 5 rings (SSSR count). The number of hydrogen-bond donors (Lipinski definition) is 1. The van der Waals surface area contributed by atoms with Crippen molar-refractivity contribution in [2.24, 2.45) is 7.05 Å². The largest absolute Gasteiger partial charge is 0.467 e. The van der Waals surface area contributed by atoms with Gasteiger partial charge in [-0.05, 0) is 54.5 Å². The molecule has 0 aromatic carbocycles. The lowest BCUT2D eigenvalue weighted by Gasteiger charge is -2.20. The summed E-state index contributed by atoms with van der Waals surface area (Å²) in [6.07, 6.45) is 4.84. The van der Waals surface area contributed by atoms with Gasteiger partial charge in [0.25, 0.3) is 5.91 Å². The molecule has 4 heterocycles. The van der Waals surface area contributed by atoms with Crippen LogP contribution in [-0.4, -0.2) is 30.8 Å². The van der Waals surface area contributed by atoms with E-state index >= 15 is 0 Å². The van der Waals surface area contributed by atoms with Crippen LogP contribution >= 0.6 is 11.3 Å². The fourth-order valence-electron chi connectivity index (χ4n) is 3.95. The molecule has 1 amide bonds. The van der Waals surface area contributed by atoms with E-state index in [9.17, 15) is 4.79 Å². The number of hydrogen-bond acceptors (Lipinski definition) is 5. The van der Waals surface area contributed by atoms with Crippen molar-refractivity contribution in [3.05, 3.63) is 70.4 Å². The summed E-state index contributed by atoms with van der Waals surface area (Å²) in [6, 6.07) is 9.51. The summed E-state index contributed by atoms with van der Waals surface area (Å²) in [5.41, 5.74) is 4.78. The number of carbonyl (C=O) groups excluding carboxylic acids is 1. The number of H-pyrrole nitrogens is 1. The maximum atomic E-state index is 13.3. The molecule has 0 saturated heterocycles. The van der Waals surface area contributed by atoms with E-state index in [1.165, 1.54) is 11.3 Å². The first kappa shape index (κ1) is 17.9. The van der Waals surface area contributed by atoms with Crippen LogP contribution in [0.5, 0.6) is 0 Å². The molecule has 29 heavy (non-hydrogen) atoms. The maximum absolute atomic E-state index is 13.3. The molecule has 1 aliphatic rings. The van der Waals surface area contributed by atoms with E-state index in [0.29, 0.717) is 18.8 Å². The lowest BCUT2D eigenvalue weighted by atomic mass is 10.2. The molecule has 0 aliphatic heterocycles. The fraction of sp³-hybridized carbons (Fsp3) is 0.286. The Hall–Kier alpha value is -3.13. The number of aromatic nitrogens is 4. The number of carbonyl (C=O) groups is 1. The Kier molecular flexibility index (Phi) is 4.55. The van der Waals surface area contributed by atoms with Crippen LogP contribution in [0.25, 0.3) is 10.6 Å². The van der Waals surface area contributed by atoms with Gasteiger partial charge in [0, 0.05) is 12.7 Å². The van der Waals surface area contributed by atoms with E-state index in [1.54, 1.807) is 22.5 Å². The first-order valence-corrected chi connectivity index (χ1v) is 10.5. The average molecular weight is 407 g/mol. The third-order valence-corrected chi connectivity index (χ3v) is 6.24. The van der Waals surface area contributed by atoms with Crippen molar-refractivity contribution in [1.82, 2.24) is 24.9 Å². The standard InChI is InChI=1S/C21H21N5O2S/c1-25-19-7-2-6-15(19)18(24-25)13-26(12-14-5-3-9-28-14)21(27)17-11-16(22-23-17)20-8-4-10-29-20/h3-5,8-11H,2,6-7,12-13H2,1H3,(H,22,23). The summed E-state index contributed by atoms with van der Waals surface area (Å²) >= 11 is 1.61. The third-order valence-electron chi connectivity index (χ3n) is 5.34. The van der Waals surface area contributed by atoms with Gasteiger partial charge in [-0.1, -0.05) is 6.07 Å². The average Bonchev–Trinajstić information content (AvgIpc) is 3.51. The van der Waals surface area contributed by atoms with Crippen LogP contribution in [0.15, 0.2) is 46.4 Å². The molecule has 1 N–H and O–H groups in total. The van der Waals surface area contributed by atoms with Crippen molar-refractivity contribution < 1.29 is 9.21 Å². The van der Waals surface area contributed by atoms with Crippen molar-refractivity contribution in [3.8, 4) is 10.6 Å². The van der Waals surface area contributed by atoms with E-state index in [2.05, 4.69) is 15.3 Å². The van der Waals surface area contributed by atoms with Crippen molar-refractivity contribution in [2.75, 3.05) is 0 Å². The van der Waals surface area contributed by atoms with Gasteiger partial charge < -0.3 is 9.32 Å². The number of aryl methyl sites for hydroxylation is 1. The van der Waals surface area contributed by atoms with Gasteiger partial charge in [-0.25, -0.2) is 0 Å². The molecular weight excluding hydrogens is 386 g/mol. The minimum atomic E-state index is -0.141. The molecule has 0 spiro atoms. The van der Waals surface area contributed by atoms with E-state index in [-0.39, 0.29) is 5.91 Å². The zero-order valence-electron chi connectivity index (χ0n) is 16.1. The van der Waals surface area contributed by atoms with Gasteiger partial charge in [0.2, 0.25) is 0 Å². The Morgan fingerprint density at radius 1 is 1.31 bits per heavy atom. The van der Waals surface area contributed by atoms with Gasteiger partial charge in [-0.2, -0.15) is 10.2 Å². The summed E-state index contributed by atoms with van der Waals surface area (Å²) in [6.45, 7) is 0.808. The highest BCUT2D eigenvalue weighted by Gasteiger charge is 2.26. The van der Waals surface area contributed by atoms with Crippen LogP contribution in [0.3, 0.4) is 0 Å². The van der Waals surface area contributed by atoms with Crippen LogP contribution in [0, 0.1) is 0 Å². The van der Waals surface area contributed by atoms with Crippen LogP contribution in [0.2, 0.25) is 0 Å². The Labute approximate surface area is 172 Å². The monoisotopic (exact) mass is 407 g/mol. The highest BCUT2D eigenvalue weighted by Crippen LogP contribution is 2.27. The van der Waals surface area contributed by atoms with Crippen molar-refractivity contribution in [3.63, 3.8) is 0 Å². The number of amides is 1. The zero-order chi connectivity index (χ0) is 19.8. The third kappa shape index (κ3) is 3.40. The van der Waals surface area contributed by atoms with E-state index in [0.717, 1.165) is 41.3 Å². The van der Waals surface area contributed by atoms with Gasteiger partial charge >= 0.3 is 0 Å². The van der Waals surface area contributed by atoms with Crippen LogP contribution in [0.1, 0.15) is 39.6 Å².